The number of aryl methyl sites for hydroxylation is 2. The highest BCUT2D eigenvalue weighted by Crippen LogP contribution is 2.24. The summed E-state index contributed by atoms with van der Waals surface area (Å²) in [6.45, 7) is 1.95. The number of nitrogens with one attached hydrogen (secondary N) is 2. The van der Waals surface area contributed by atoms with Crippen LogP contribution in [-0.4, -0.2) is 16.1 Å². The third-order valence-corrected chi connectivity index (χ3v) is 4.13. The van der Waals surface area contributed by atoms with Crippen molar-refractivity contribution in [2.24, 2.45) is 0 Å². The number of aromatic nitrogens is 2. The van der Waals surface area contributed by atoms with Gasteiger partial charge in [0.2, 0.25) is 0 Å². The zero-order chi connectivity index (χ0) is 15.5. The Labute approximate surface area is 128 Å². The molecular weight excluding hydrogens is 278 g/mol. The summed E-state index contributed by atoms with van der Waals surface area (Å²) in [5, 5.41) is 8.93. The molecule has 1 heterocycles. The highest BCUT2D eigenvalue weighted by molar-refractivity contribution is 5.92. The Hall–Kier alpha value is -2.43. The Morgan fingerprint density at radius 2 is 1.95 bits per heavy atom. The summed E-state index contributed by atoms with van der Waals surface area (Å²) in [6, 6.07) is 9.06. The third-order valence-electron chi connectivity index (χ3n) is 4.13. The minimum absolute atomic E-state index is 0.103. The molecule has 5 heteroatoms. The maximum Gasteiger partial charge on any atom is 0.272 e. The van der Waals surface area contributed by atoms with E-state index in [1.54, 1.807) is 0 Å². The summed E-state index contributed by atoms with van der Waals surface area (Å²) in [5.74, 6) is -0.290. The Balaban J connectivity index is 1.73. The molecular formula is C17H19N3O2. The molecule has 0 aliphatic heterocycles. The van der Waals surface area contributed by atoms with E-state index in [-0.39, 0.29) is 23.2 Å². The largest absolute Gasteiger partial charge is 0.344 e. The number of benzene rings is 1. The fraction of sp³-hybridized carbons (Fsp3) is 0.353. The summed E-state index contributed by atoms with van der Waals surface area (Å²) in [6.07, 6.45) is 4.76. The average molecular weight is 297 g/mol. The van der Waals surface area contributed by atoms with Gasteiger partial charge >= 0.3 is 0 Å². The lowest BCUT2D eigenvalue weighted by molar-refractivity contribution is 0.0933. The molecule has 114 valence electrons. The molecule has 2 N–H and O–H groups in total. The Morgan fingerprint density at radius 3 is 2.68 bits per heavy atom. The van der Waals surface area contributed by atoms with Crippen molar-refractivity contribution in [1.82, 2.24) is 15.5 Å². The Bertz CT molecular complexity index is 731. The molecule has 2 aromatic rings. The number of aromatic amines is 1. The summed E-state index contributed by atoms with van der Waals surface area (Å²) >= 11 is 0. The number of carbonyl (C=O) groups is 1. The quantitative estimate of drug-likeness (QED) is 0.911. The molecule has 3 rings (SSSR count). The molecule has 1 amide bonds. The standard InChI is InChI=1S/C17H19N3O2/c1-11(18-17(22)15-8-9-16(21)20-19-15)13-7-6-12-4-2-3-5-14(12)10-13/h6-11H,2-5H2,1H3,(H,18,22)(H,20,21). The SMILES string of the molecule is CC(NC(=O)c1ccc(=O)[nH]n1)c1ccc2c(c1)CCCC2. The van der Waals surface area contributed by atoms with Crippen molar-refractivity contribution in [3.8, 4) is 0 Å². The average Bonchev–Trinajstić information content (AvgIpc) is 2.55. The van der Waals surface area contributed by atoms with Crippen LogP contribution in [0, 0.1) is 0 Å². The van der Waals surface area contributed by atoms with E-state index in [1.165, 1.54) is 36.1 Å². The van der Waals surface area contributed by atoms with Crippen LogP contribution in [0.3, 0.4) is 0 Å². The fourth-order valence-electron chi connectivity index (χ4n) is 2.85. The fourth-order valence-corrected chi connectivity index (χ4v) is 2.85. The van der Waals surface area contributed by atoms with Gasteiger partial charge in [0.05, 0.1) is 6.04 Å². The monoisotopic (exact) mass is 297 g/mol. The van der Waals surface area contributed by atoms with E-state index in [4.69, 9.17) is 0 Å². The molecule has 1 atom stereocenters. The number of hydrogen-bond donors (Lipinski definition) is 2. The highest BCUT2D eigenvalue weighted by atomic mass is 16.2. The van der Waals surface area contributed by atoms with Crippen LogP contribution in [0.25, 0.3) is 0 Å². The first-order valence-electron chi connectivity index (χ1n) is 7.62. The second-order valence-electron chi connectivity index (χ2n) is 5.74. The van der Waals surface area contributed by atoms with Crippen molar-refractivity contribution >= 4 is 5.91 Å². The van der Waals surface area contributed by atoms with Gasteiger partial charge < -0.3 is 5.32 Å². The van der Waals surface area contributed by atoms with Crippen molar-refractivity contribution in [3.63, 3.8) is 0 Å². The van der Waals surface area contributed by atoms with E-state index in [2.05, 4.69) is 33.7 Å². The van der Waals surface area contributed by atoms with E-state index in [0.29, 0.717) is 0 Å². The number of nitrogens with zero attached hydrogens (tertiary/aromatic N) is 1. The highest BCUT2D eigenvalue weighted by Gasteiger charge is 2.15. The molecule has 0 spiro atoms. The van der Waals surface area contributed by atoms with Gasteiger partial charge in [0.25, 0.3) is 11.5 Å². The number of amides is 1. The number of H-pyrrole nitrogens is 1. The molecule has 0 saturated carbocycles. The lowest BCUT2D eigenvalue weighted by atomic mass is 9.89. The van der Waals surface area contributed by atoms with Crippen molar-refractivity contribution in [2.45, 2.75) is 38.6 Å². The number of rotatable bonds is 3. The molecule has 1 aliphatic rings. The second kappa shape index (κ2) is 6.13. The van der Waals surface area contributed by atoms with Gasteiger partial charge in [0.1, 0.15) is 5.69 Å². The number of hydrogen-bond acceptors (Lipinski definition) is 3. The minimum atomic E-state index is -0.320. The van der Waals surface area contributed by atoms with Crippen molar-refractivity contribution in [3.05, 3.63) is 63.1 Å². The van der Waals surface area contributed by atoms with E-state index < -0.39 is 0 Å². The predicted molar refractivity (Wildman–Crippen MR) is 83.8 cm³/mol. The van der Waals surface area contributed by atoms with Gasteiger partial charge in [-0.15, -0.1) is 0 Å². The van der Waals surface area contributed by atoms with E-state index in [0.717, 1.165) is 18.4 Å². The first-order chi connectivity index (χ1) is 10.6. The first kappa shape index (κ1) is 14.5. The molecule has 1 aromatic carbocycles. The van der Waals surface area contributed by atoms with Gasteiger partial charge in [-0.05, 0) is 55.4 Å². The van der Waals surface area contributed by atoms with Gasteiger partial charge in [-0.25, -0.2) is 5.10 Å². The van der Waals surface area contributed by atoms with Crippen molar-refractivity contribution in [1.29, 1.82) is 0 Å². The van der Waals surface area contributed by atoms with Crippen LogP contribution < -0.4 is 10.9 Å². The zero-order valence-corrected chi connectivity index (χ0v) is 12.6. The first-order valence-corrected chi connectivity index (χ1v) is 7.62. The maximum absolute atomic E-state index is 12.1. The van der Waals surface area contributed by atoms with Crippen molar-refractivity contribution < 1.29 is 4.79 Å². The summed E-state index contributed by atoms with van der Waals surface area (Å²) in [7, 11) is 0. The van der Waals surface area contributed by atoms with E-state index in [9.17, 15) is 9.59 Å². The van der Waals surface area contributed by atoms with Crippen LogP contribution in [0.2, 0.25) is 0 Å². The molecule has 0 bridgehead atoms. The van der Waals surface area contributed by atoms with Crippen LogP contribution in [0.15, 0.2) is 35.1 Å². The molecule has 22 heavy (non-hydrogen) atoms. The molecule has 5 nitrogen and oxygen atoms in total. The minimum Gasteiger partial charge on any atom is -0.344 e. The summed E-state index contributed by atoms with van der Waals surface area (Å²) in [5.41, 5.74) is 3.81. The number of carbonyl (C=O) groups excluding carboxylic acids is 1. The topological polar surface area (TPSA) is 74.8 Å². The van der Waals surface area contributed by atoms with Gasteiger partial charge in [-0.3, -0.25) is 9.59 Å². The summed E-state index contributed by atoms with van der Waals surface area (Å²) < 4.78 is 0. The van der Waals surface area contributed by atoms with Crippen LogP contribution >= 0.6 is 0 Å². The number of fused-ring (bicyclic) bond motifs is 1. The van der Waals surface area contributed by atoms with Gasteiger partial charge in [-0.2, -0.15) is 5.10 Å². The van der Waals surface area contributed by atoms with Gasteiger partial charge in [-0.1, -0.05) is 18.2 Å². The molecule has 0 radical (unpaired) electrons. The molecule has 0 fully saturated rings. The normalized spacial score (nSPS) is 15.0. The van der Waals surface area contributed by atoms with Crippen LogP contribution in [0.1, 0.15) is 53.0 Å². The lowest BCUT2D eigenvalue weighted by Gasteiger charge is -2.20. The predicted octanol–water partition coefficient (Wildman–Crippen LogP) is 2.14. The van der Waals surface area contributed by atoms with Gasteiger partial charge in [0.15, 0.2) is 0 Å². The molecule has 1 aromatic heterocycles. The van der Waals surface area contributed by atoms with Gasteiger partial charge in [0, 0.05) is 6.07 Å². The molecule has 1 unspecified atom stereocenters. The Kier molecular flexibility index (Phi) is 4.04. The van der Waals surface area contributed by atoms with Crippen LogP contribution in [0.5, 0.6) is 0 Å². The smallest absolute Gasteiger partial charge is 0.272 e. The van der Waals surface area contributed by atoms with E-state index >= 15 is 0 Å². The maximum atomic E-state index is 12.1. The second-order valence-corrected chi connectivity index (χ2v) is 5.74. The molecule has 0 saturated heterocycles. The van der Waals surface area contributed by atoms with Crippen LogP contribution in [0.4, 0.5) is 0 Å². The summed E-state index contributed by atoms with van der Waals surface area (Å²) in [4.78, 5) is 23.1. The zero-order valence-electron chi connectivity index (χ0n) is 12.6. The van der Waals surface area contributed by atoms with Crippen LogP contribution in [-0.2, 0) is 12.8 Å². The van der Waals surface area contributed by atoms with Crippen molar-refractivity contribution in [2.75, 3.05) is 0 Å². The third kappa shape index (κ3) is 3.08. The lowest BCUT2D eigenvalue weighted by Crippen LogP contribution is -2.28. The van der Waals surface area contributed by atoms with E-state index in [1.807, 2.05) is 6.92 Å². The molecule has 1 aliphatic carbocycles. The Morgan fingerprint density at radius 1 is 1.18 bits per heavy atom.